The van der Waals surface area contributed by atoms with Crippen molar-refractivity contribution in [1.29, 1.82) is 5.26 Å². The largest absolute Gasteiger partial charge is 0.339 e. The van der Waals surface area contributed by atoms with Gasteiger partial charge in [0.05, 0.1) is 5.56 Å². The monoisotopic (exact) mass is 267 g/mol. The number of nitrogens with zero attached hydrogens (tertiary/aromatic N) is 2. The van der Waals surface area contributed by atoms with Gasteiger partial charge >= 0.3 is 0 Å². The van der Waals surface area contributed by atoms with Gasteiger partial charge in [-0.2, -0.15) is 5.26 Å². The minimum absolute atomic E-state index is 0.308. The number of aromatic nitrogens is 1. The zero-order valence-corrected chi connectivity index (χ0v) is 11.2. The third kappa shape index (κ3) is 2.23. The van der Waals surface area contributed by atoms with E-state index in [1.807, 2.05) is 13.0 Å². The predicted octanol–water partition coefficient (Wildman–Crippen LogP) is 3.63. The molecule has 0 radical (unpaired) electrons. The number of anilines is 2. The van der Waals surface area contributed by atoms with Gasteiger partial charge in [0.25, 0.3) is 0 Å². The average Bonchev–Trinajstić information content (AvgIpc) is 2.89. The summed E-state index contributed by atoms with van der Waals surface area (Å²) in [6.45, 7) is 1.89. The van der Waals surface area contributed by atoms with Crippen LogP contribution in [0.4, 0.5) is 15.9 Å². The topological polar surface area (TPSA) is 48.7 Å². The van der Waals surface area contributed by atoms with Crippen LogP contribution in [0.15, 0.2) is 24.3 Å². The van der Waals surface area contributed by atoms with Gasteiger partial charge in [0.1, 0.15) is 17.7 Å². The van der Waals surface area contributed by atoms with E-state index >= 15 is 0 Å². The first-order chi connectivity index (χ1) is 9.67. The molecule has 1 aliphatic carbocycles. The molecule has 20 heavy (non-hydrogen) atoms. The summed E-state index contributed by atoms with van der Waals surface area (Å²) in [6, 6.07) is 8.60. The molecule has 0 amide bonds. The molecule has 1 aromatic carbocycles. The first kappa shape index (κ1) is 12.6. The fourth-order valence-corrected chi connectivity index (χ4v) is 2.51. The minimum Gasteiger partial charge on any atom is -0.339 e. The number of nitrogens with one attached hydrogen (secondary N) is 1. The molecule has 3 nitrogen and oxygen atoms in total. The van der Waals surface area contributed by atoms with Gasteiger partial charge in [-0.25, -0.2) is 9.37 Å². The van der Waals surface area contributed by atoms with Crippen LogP contribution in [-0.4, -0.2) is 4.98 Å². The Bertz CT molecular complexity index is 716. The van der Waals surface area contributed by atoms with Gasteiger partial charge in [-0.15, -0.1) is 0 Å². The lowest BCUT2D eigenvalue weighted by Crippen LogP contribution is -2.02. The Labute approximate surface area is 117 Å². The van der Waals surface area contributed by atoms with Crippen molar-refractivity contribution in [1.82, 2.24) is 4.98 Å². The highest BCUT2D eigenvalue weighted by Gasteiger charge is 2.16. The van der Waals surface area contributed by atoms with Gasteiger partial charge in [0, 0.05) is 11.4 Å². The lowest BCUT2D eigenvalue weighted by molar-refractivity contribution is 0.628. The molecule has 100 valence electrons. The highest BCUT2D eigenvalue weighted by Crippen LogP contribution is 2.28. The predicted molar refractivity (Wildman–Crippen MR) is 75.4 cm³/mol. The molecular formula is C16H14FN3. The molecule has 0 spiro atoms. The Hall–Kier alpha value is -2.41. The number of rotatable bonds is 2. The zero-order chi connectivity index (χ0) is 14.1. The lowest BCUT2D eigenvalue weighted by atomic mass is 10.1. The maximum Gasteiger partial charge on any atom is 0.148 e. The Morgan fingerprint density at radius 2 is 2.15 bits per heavy atom. The molecule has 0 fully saturated rings. The molecule has 0 bridgehead atoms. The fraction of sp³-hybridized carbons (Fsp3) is 0.250. The van der Waals surface area contributed by atoms with Crippen molar-refractivity contribution in [2.75, 3.05) is 5.32 Å². The van der Waals surface area contributed by atoms with Gasteiger partial charge in [0.15, 0.2) is 0 Å². The summed E-state index contributed by atoms with van der Waals surface area (Å²) in [5.74, 6) is 0.208. The van der Waals surface area contributed by atoms with E-state index in [2.05, 4.69) is 16.4 Å². The van der Waals surface area contributed by atoms with E-state index in [0.717, 1.165) is 36.1 Å². The van der Waals surface area contributed by atoms with Crippen LogP contribution in [0.1, 0.15) is 28.8 Å². The number of fused-ring (bicyclic) bond motifs is 1. The van der Waals surface area contributed by atoms with Crippen LogP contribution in [0, 0.1) is 24.1 Å². The average molecular weight is 267 g/mol. The number of nitriles is 1. The van der Waals surface area contributed by atoms with Crippen molar-refractivity contribution in [3.63, 3.8) is 0 Å². The first-order valence-electron chi connectivity index (χ1n) is 6.63. The maximum atomic E-state index is 13.3. The van der Waals surface area contributed by atoms with Crippen molar-refractivity contribution in [2.45, 2.75) is 26.2 Å². The quantitative estimate of drug-likeness (QED) is 0.903. The molecule has 4 heteroatoms. The Morgan fingerprint density at radius 3 is 2.95 bits per heavy atom. The van der Waals surface area contributed by atoms with E-state index in [1.54, 1.807) is 6.07 Å². The number of pyridine rings is 1. The second-order valence-electron chi connectivity index (χ2n) is 5.04. The Kier molecular flexibility index (Phi) is 3.11. The van der Waals surface area contributed by atoms with Gasteiger partial charge in [-0.1, -0.05) is 6.07 Å². The van der Waals surface area contributed by atoms with Crippen LogP contribution in [0.5, 0.6) is 0 Å². The smallest absolute Gasteiger partial charge is 0.148 e. The summed E-state index contributed by atoms with van der Waals surface area (Å²) < 4.78 is 13.3. The van der Waals surface area contributed by atoms with Crippen molar-refractivity contribution >= 4 is 11.5 Å². The van der Waals surface area contributed by atoms with Crippen LogP contribution in [0.3, 0.4) is 0 Å². The maximum absolute atomic E-state index is 13.3. The third-order valence-electron chi connectivity index (χ3n) is 3.62. The number of halogens is 1. The molecule has 0 aliphatic heterocycles. The third-order valence-corrected chi connectivity index (χ3v) is 3.62. The summed E-state index contributed by atoms with van der Waals surface area (Å²) in [5, 5.41) is 12.3. The minimum atomic E-state index is -0.308. The van der Waals surface area contributed by atoms with Gasteiger partial charge in [-0.05, 0) is 55.5 Å². The van der Waals surface area contributed by atoms with Crippen LogP contribution in [0.25, 0.3) is 0 Å². The van der Waals surface area contributed by atoms with E-state index in [9.17, 15) is 9.65 Å². The summed E-state index contributed by atoms with van der Waals surface area (Å²) in [4.78, 5) is 4.53. The van der Waals surface area contributed by atoms with E-state index in [1.165, 1.54) is 12.1 Å². The Balaban J connectivity index is 2.02. The van der Waals surface area contributed by atoms with Gasteiger partial charge in [-0.3, -0.25) is 0 Å². The SMILES string of the molecule is Cc1ccc(F)cc1Nc1nc2c(cc1C#N)CCC2. The second-order valence-corrected chi connectivity index (χ2v) is 5.04. The fourth-order valence-electron chi connectivity index (χ4n) is 2.51. The van der Waals surface area contributed by atoms with E-state index in [0.29, 0.717) is 17.1 Å². The van der Waals surface area contributed by atoms with Crippen LogP contribution in [0.2, 0.25) is 0 Å². The standard InChI is InChI=1S/C16H14FN3/c1-10-5-6-13(17)8-15(10)20-16-12(9-18)7-11-3-2-4-14(11)19-16/h5-8H,2-4H2,1H3,(H,19,20). The number of hydrogen-bond acceptors (Lipinski definition) is 3. The molecular weight excluding hydrogens is 253 g/mol. The number of aryl methyl sites for hydroxylation is 3. The first-order valence-corrected chi connectivity index (χ1v) is 6.63. The molecule has 0 unspecified atom stereocenters. The summed E-state index contributed by atoms with van der Waals surface area (Å²) in [5.41, 5.74) is 4.27. The Morgan fingerprint density at radius 1 is 1.30 bits per heavy atom. The van der Waals surface area contributed by atoms with E-state index in [-0.39, 0.29) is 5.82 Å². The van der Waals surface area contributed by atoms with Crippen LogP contribution < -0.4 is 5.32 Å². The van der Waals surface area contributed by atoms with E-state index in [4.69, 9.17) is 0 Å². The van der Waals surface area contributed by atoms with Crippen molar-refractivity contribution in [3.8, 4) is 6.07 Å². The summed E-state index contributed by atoms with van der Waals surface area (Å²) >= 11 is 0. The second kappa shape index (κ2) is 4.93. The van der Waals surface area contributed by atoms with Gasteiger partial charge < -0.3 is 5.32 Å². The van der Waals surface area contributed by atoms with Crippen molar-refractivity contribution < 1.29 is 4.39 Å². The van der Waals surface area contributed by atoms with Crippen LogP contribution in [-0.2, 0) is 12.8 Å². The lowest BCUT2D eigenvalue weighted by Gasteiger charge is -2.12. The molecule has 0 saturated carbocycles. The highest BCUT2D eigenvalue weighted by molar-refractivity contribution is 5.66. The molecule has 2 aromatic rings. The zero-order valence-electron chi connectivity index (χ0n) is 11.2. The molecule has 0 saturated heterocycles. The van der Waals surface area contributed by atoms with Crippen molar-refractivity contribution in [3.05, 3.63) is 52.5 Å². The molecule has 3 rings (SSSR count). The van der Waals surface area contributed by atoms with Crippen molar-refractivity contribution in [2.24, 2.45) is 0 Å². The summed E-state index contributed by atoms with van der Waals surface area (Å²) in [7, 11) is 0. The molecule has 1 aromatic heterocycles. The molecule has 0 atom stereocenters. The van der Waals surface area contributed by atoms with E-state index < -0.39 is 0 Å². The molecule has 1 heterocycles. The highest BCUT2D eigenvalue weighted by atomic mass is 19.1. The van der Waals surface area contributed by atoms with Gasteiger partial charge in [0.2, 0.25) is 0 Å². The summed E-state index contributed by atoms with van der Waals surface area (Å²) in [6.07, 6.45) is 3.00. The van der Waals surface area contributed by atoms with Crippen LogP contribution >= 0.6 is 0 Å². The number of benzene rings is 1. The number of hydrogen-bond donors (Lipinski definition) is 1. The molecule has 1 N–H and O–H groups in total. The molecule has 1 aliphatic rings. The normalized spacial score (nSPS) is 12.8.